The number of thiophene rings is 1. The molecule has 1 aliphatic heterocycles. The summed E-state index contributed by atoms with van der Waals surface area (Å²) in [7, 11) is 0. The third-order valence-corrected chi connectivity index (χ3v) is 5.23. The van der Waals surface area contributed by atoms with Gasteiger partial charge in [-0.25, -0.2) is 4.79 Å². The molecular formula is C15H13NO4S. The van der Waals surface area contributed by atoms with Crippen molar-refractivity contribution < 1.29 is 19.1 Å². The van der Waals surface area contributed by atoms with Crippen LogP contribution in [0.25, 0.3) is 0 Å². The van der Waals surface area contributed by atoms with E-state index in [-0.39, 0.29) is 11.5 Å². The Balaban J connectivity index is 1.55. The van der Waals surface area contributed by atoms with Crippen LogP contribution in [-0.4, -0.2) is 21.9 Å². The first-order chi connectivity index (χ1) is 10.1. The van der Waals surface area contributed by atoms with Crippen LogP contribution in [0.2, 0.25) is 0 Å². The summed E-state index contributed by atoms with van der Waals surface area (Å²) >= 11 is 1.55. The lowest BCUT2D eigenvalue weighted by Gasteiger charge is -2.13. The molecule has 0 aromatic carbocycles. The third-order valence-electron chi connectivity index (χ3n) is 4.00. The minimum Gasteiger partial charge on any atom is -0.478 e. The summed E-state index contributed by atoms with van der Waals surface area (Å²) in [6, 6.07) is 3.91. The van der Waals surface area contributed by atoms with E-state index < -0.39 is 5.97 Å². The van der Waals surface area contributed by atoms with Crippen molar-refractivity contribution in [3.63, 3.8) is 0 Å². The minimum atomic E-state index is -1.01. The monoisotopic (exact) mass is 303 g/mol. The highest BCUT2D eigenvalue weighted by molar-refractivity contribution is 7.14. The Morgan fingerprint density at radius 3 is 2.81 bits per heavy atom. The summed E-state index contributed by atoms with van der Waals surface area (Å²) in [5.41, 5.74) is 0.778. The molecule has 0 unspecified atom stereocenters. The molecule has 4 rings (SSSR count). The second kappa shape index (κ2) is 4.46. The molecule has 5 nitrogen and oxygen atoms in total. The fraction of sp³-hybridized carbons (Fsp3) is 0.333. The molecule has 1 amide bonds. The number of carboxylic acid groups (broad SMARTS) is 1. The molecule has 1 N–H and O–H groups in total. The second-order valence-corrected chi connectivity index (χ2v) is 6.61. The van der Waals surface area contributed by atoms with Crippen molar-refractivity contribution >= 4 is 23.2 Å². The molecule has 0 atom stereocenters. The topological polar surface area (TPSA) is 70.8 Å². The van der Waals surface area contributed by atoms with Gasteiger partial charge in [0, 0.05) is 10.4 Å². The predicted octanol–water partition coefficient (Wildman–Crippen LogP) is 3.07. The van der Waals surface area contributed by atoms with Gasteiger partial charge in [-0.2, -0.15) is 0 Å². The molecular weight excluding hydrogens is 290 g/mol. The highest BCUT2D eigenvalue weighted by atomic mass is 32.1. The van der Waals surface area contributed by atoms with Crippen LogP contribution in [0.15, 0.2) is 22.8 Å². The number of rotatable bonds is 3. The van der Waals surface area contributed by atoms with Crippen molar-refractivity contribution in [2.45, 2.75) is 31.8 Å². The molecule has 21 heavy (non-hydrogen) atoms. The summed E-state index contributed by atoms with van der Waals surface area (Å²) < 4.78 is 5.27. The highest BCUT2D eigenvalue weighted by Crippen LogP contribution is 2.43. The van der Waals surface area contributed by atoms with Gasteiger partial charge in [-0.1, -0.05) is 0 Å². The minimum absolute atomic E-state index is 0.0466. The first-order valence-corrected chi connectivity index (χ1v) is 7.66. The first kappa shape index (κ1) is 12.6. The largest absolute Gasteiger partial charge is 0.478 e. The Morgan fingerprint density at radius 2 is 2.10 bits per heavy atom. The molecule has 0 radical (unpaired) electrons. The molecule has 0 spiro atoms. The quantitative estimate of drug-likeness (QED) is 0.946. The maximum absolute atomic E-state index is 12.5. The van der Waals surface area contributed by atoms with Gasteiger partial charge in [0.2, 0.25) is 0 Å². The van der Waals surface area contributed by atoms with Crippen LogP contribution in [0.1, 0.15) is 55.0 Å². The molecule has 3 heterocycles. The van der Waals surface area contributed by atoms with Crippen LogP contribution < -0.4 is 0 Å². The van der Waals surface area contributed by atoms with Crippen molar-refractivity contribution in [2.75, 3.05) is 0 Å². The number of furan rings is 1. The molecule has 0 bridgehead atoms. The van der Waals surface area contributed by atoms with Crippen LogP contribution >= 0.6 is 11.3 Å². The Morgan fingerprint density at radius 1 is 1.29 bits per heavy atom. The van der Waals surface area contributed by atoms with Gasteiger partial charge in [0.15, 0.2) is 0 Å². The zero-order valence-electron chi connectivity index (χ0n) is 11.2. The fourth-order valence-corrected chi connectivity index (χ4v) is 3.83. The smallest absolute Gasteiger partial charge is 0.339 e. The van der Waals surface area contributed by atoms with Gasteiger partial charge in [-0.3, -0.25) is 4.79 Å². The number of fused-ring (bicyclic) bond motifs is 1. The summed E-state index contributed by atoms with van der Waals surface area (Å²) in [6.07, 6.45) is 3.69. The predicted molar refractivity (Wildman–Crippen MR) is 75.5 cm³/mol. The van der Waals surface area contributed by atoms with Gasteiger partial charge in [0.1, 0.15) is 17.6 Å². The molecule has 2 aromatic rings. The highest BCUT2D eigenvalue weighted by Gasteiger charge is 2.32. The Kier molecular flexibility index (Phi) is 2.68. The van der Waals surface area contributed by atoms with Gasteiger partial charge in [-0.15, -0.1) is 11.3 Å². The van der Waals surface area contributed by atoms with Gasteiger partial charge in [0.05, 0.1) is 18.0 Å². The lowest BCUT2D eigenvalue weighted by Crippen LogP contribution is -2.24. The summed E-state index contributed by atoms with van der Waals surface area (Å²) in [5, 5.41) is 9.09. The number of carbonyl (C=O) groups excluding carboxylic acids is 1. The third kappa shape index (κ3) is 2.06. The lowest BCUT2D eigenvalue weighted by molar-refractivity contribution is 0.0684. The van der Waals surface area contributed by atoms with Crippen LogP contribution in [-0.2, 0) is 13.1 Å². The molecule has 108 valence electrons. The summed E-state index contributed by atoms with van der Waals surface area (Å²) in [6.45, 7) is 0.654. The maximum atomic E-state index is 12.5. The van der Waals surface area contributed by atoms with Gasteiger partial charge < -0.3 is 14.4 Å². The van der Waals surface area contributed by atoms with Crippen LogP contribution in [0.4, 0.5) is 0 Å². The Bertz CT molecular complexity index is 741. The molecule has 1 saturated carbocycles. The van der Waals surface area contributed by atoms with Gasteiger partial charge in [-0.05, 0) is 30.9 Å². The van der Waals surface area contributed by atoms with Crippen LogP contribution in [0.3, 0.4) is 0 Å². The van der Waals surface area contributed by atoms with Gasteiger partial charge >= 0.3 is 5.97 Å². The van der Waals surface area contributed by atoms with E-state index in [0.29, 0.717) is 30.3 Å². The van der Waals surface area contributed by atoms with Crippen LogP contribution in [0, 0.1) is 0 Å². The zero-order valence-corrected chi connectivity index (χ0v) is 12.0. The lowest BCUT2D eigenvalue weighted by atomic mass is 10.2. The summed E-state index contributed by atoms with van der Waals surface area (Å²) in [4.78, 5) is 27.2. The van der Waals surface area contributed by atoms with Crippen molar-refractivity contribution in [3.8, 4) is 0 Å². The molecule has 1 fully saturated rings. The average molecular weight is 303 g/mol. The van der Waals surface area contributed by atoms with E-state index in [1.165, 1.54) is 24.0 Å². The van der Waals surface area contributed by atoms with Crippen molar-refractivity contribution in [2.24, 2.45) is 0 Å². The SMILES string of the molecule is O=C(O)c1coc2c1CN(C(=O)c1ccc(C3CC3)s1)C2. The van der Waals surface area contributed by atoms with E-state index in [1.54, 1.807) is 16.2 Å². The molecule has 1 aliphatic carbocycles. The van der Waals surface area contributed by atoms with Crippen molar-refractivity contribution in [1.29, 1.82) is 0 Å². The van der Waals surface area contributed by atoms with Gasteiger partial charge in [0.25, 0.3) is 5.91 Å². The van der Waals surface area contributed by atoms with E-state index >= 15 is 0 Å². The zero-order chi connectivity index (χ0) is 14.6. The molecule has 2 aliphatic rings. The standard InChI is InChI=1S/C15H13NO4S/c17-14(13-4-3-12(21-13)8-1-2-8)16-5-9-10(15(18)19)7-20-11(9)6-16/h3-4,7-8H,1-2,5-6H2,(H,18,19). The normalized spacial score (nSPS) is 17.0. The number of nitrogens with zero attached hydrogens (tertiary/aromatic N) is 1. The van der Waals surface area contributed by atoms with E-state index in [2.05, 4.69) is 0 Å². The van der Waals surface area contributed by atoms with E-state index in [0.717, 1.165) is 4.88 Å². The summed E-state index contributed by atoms with van der Waals surface area (Å²) in [5.74, 6) is 0.166. The van der Waals surface area contributed by atoms with Crippen LogP contribution in [0.5, 0.6) is 0 Å². The molecule has 0 saturated heterocycles. The molecule has 2 aromatic heterocycles. The first-order valence-electron chi connectivity index (χ1n) is 6.85. The number of carbonyl (C=O) groups is 2. The van der Waals surface area contributed by atoms with E-state index in [9.17, 15) is 9.59 Å². The Labute approximate surface area is 124 Å². The fourth-order valence-electron chi connectivity index (χ4n) is 2.68. The van der Waals surface area contributed by atoms with E-state index in [1.807, 2.05) is 12.1 Å². The number of amides is 1. The second-order valence-electron chi connectivity index (χ2n) is 5.49. The Hall–Kier alpha value is -2.08. The number of hydrogen-bond acceptors (Lipinski definition) is 4. The average Bonchev–Trinajstić information content (AvgIpc) is 2.90. The van der Waals surface area contributed by atoms with E-state index in [4.69, 9.17) is 9.52 Å². The number of hydrogen-bond donors (Lipinski definition) is 1. The number of aromatic carboxylic acids is 1. The maximum Gasteiger partial charge on any atom is 0.339 e. The molecule has 6 heteroatoms. The van der Waals surface area contributed by atoms with Crippen molar-refractivity contribution in [1.82, 2.24) is 4.90 Å². The van der Waals surface area contributed by atoms with Crippen molar-refractivity contribution in [3.05, 3.63) is 45.0 Å². The number of carboxylic acids is 1.